The van der Waals surface area contributed by atoms with E-state index >= 15 is 0 Å². The second-order valence-corrected chi connectivity index (χ2v) is 10.8. The first kappa shape index (κ1) is 22.8. The zero-order valence-electron chi connectivity index (χ0n) is 20.8. The Hall–Kier alpha value is -2.64. The Morgan fingerprint density at radius 3 is 2.71 bits per heavy atom. The lowest BCUT2D eigenvalue weighted by atomic mass is 9.86. The van der Waals surface area contributed by atoms with Crippen molar-refractivity contribution in [2.75, 3.05) is 28.3 Å². The van der Waals surface area contributed by atoms with Crippen LogP contribution in [-0.2, 0) is 20.8 Å². The summed E-state index contributed by atoms with van der Waals surface area (Å²) in [5, 5.41) is 3.52. The number of pyridine rings is 1. The van der Waals surface area contributed by atoms with Gasteiger partial charge < -0.3 is 24.6 Å². The van der Waals surface area contributed by atoms with Gasteiger partial charge >= 0.3 is 0 Å². The molecule has 2 aromatic rings. The van der Waals surface area contributed by atoms with Crippen LogP contribution in [0.1, 0.15) is 57.9 Å². The highest BCUT2D eigenvalue weighted by Crippen LogP contribution is 2.41. The smallest absolute Gasteiger partial charge is 0.230 e. The van der Waals surface area contributed by atoms with Crippen LogP contribution >= 0.6 is 0 Å². The molecule has 4 aliphatic heterocycles. The lowest BCUT2D eigenvalue weighted by Gasteiger charge is -2.46. The predicted octanol–water partition coefficient (Wildman–Crippen LogP) is 5.02. The Balaban J connectivity index is 1.30. The number of morpholine rings is 1. The maximum Gasteiger partial charge on any atom is 0.230 e. The summed E-state index contributed by atoms with van der Waals surface area (Å²) in [7, 11) is 0. The van der Waals surface area contributed by atoms with Gasteiger partial charge in [-0.2, -0.15) is 0 Å². The Morgan fingerprint density at radius 1 is 1.14 bits per heavy atom. The van der Waals surface area contributed by atoms with Crippen molar-refractivity contribution in [3.8, 4) is 0 Å². The van der Waals surface area contributed by atoms with Gasteiger partial charge in [-0.15, -0.1) is 0 Å². The molecule has 1 N–H and O–H groups in total. The second kappa shape index (κ2) is 9.43. The van der Waals surface area contributed by atoms with Crippen LogP contribution in [0.5, 0.6) is 0 Å². The molecule has 4 fully saturated rings. The molecule has 1 aromatic heterocycles. The zero-order valence-corrected chi connectivity index (χ0v) is 20.8. The molecule has 5 heterocycles. The minimum Gasteiger partial charge on any atom is -0.376 e. The van der Waals surface area contributed by atoms with Crippen molar-refractivity contribution >= 4 is 28.8 Å². The van der Waals surface area contributed by atoms with E-state index < -0.39 is 0 Å². The van der Waals surface area contributed by atoms with Gasteiger partial charge in [0.1, 0.15) is 5.82 Å². The molecule has 3 saturated heterocycles. The molecule has 7 heteroatoms. The third-order valence-electron chi connectivity index (χ3n) is 8.02. The number of hydrogen-bond acceptors (Lipinski definition) is 6. The van der Waals surface area contributed by atoms with Crippen LogP contribution in [0.2, 0.25) is 0 Å². The maximum atomic E-state index is 14.0. The number of carbonyl (C=O) groups is 1. The van der Waals surface area contributed by atoms with Crippen LogP contribution in [0.4, 0.5) is 22.9 Å². The van der Waals surface area contributed by atoms with Crippen LogP contribution < -0.4 is 15.1 Å². The Labute approximate surface area is 207 Å². The van der Waals surface area contributed by atoms with Crippen molar-refractivity contribution in [1.82, 2.24) is 4.98 Å². The van der Waals surface area contributed by atoms with E-state index in [1.807, 2.05) is 11.0 Å². The molecule has 1 aliphatic carbocycles. The van der Waals surface area contributed by atoms with Gasteiger partial charge in [-0.3, -0.25) is 4.79 Å². The summed E-state index contributed by atoms with van der Waals surface area (Å²) in [6.07, 6.45) is 8.57. The molecule has 2 bridgehead atoms. The zero-order chi connectivity index (χ0) is 23.9. The highest BCUT2D eigenvalue weighted by atomic mass is 16.5. The van der Waals surface area contributed by atoms with E-state index in [1.54, 1.807) is 6.20 Å². The minimum atomic E-state index is 0.0242. The van der Waals surface area contributed by atoms with Crippen LogP contribution in [-0.4, -0.2) is 48.4 Å². The summed E-state index contributed by atoms with van der Waals surface area (Å²) in [5.74, 6) is 1.07. The molecule has 7 nitrogen and oxygen atoms in total. The fraction of sp³-hybridized carbons (Fsp3) is 0.571. The van der Waals surface area contributed by atoms with E-state index in [1.165, 1.54) is 12.1 Å². The minimum absolute atomic E-state index is 0.0242. The third-order valence-corrected chi connectivity index (χ3v) is 8.02. The summed E-state index contributed by atoms with van der Waals surface area (Å²) in [5.41, 5.74) is 4.11. The van der Waals surface area contributed by atoms with Crippen LogP contribution in [0.25, 0.3) is 0 Å². The second-order valence-electron chi connectivity index (χ2n) is 10.8. The molecule has 1 saturated carbocycles. The first-order valence-corrected chi connectivity index (χ1v) is 13.2. The van der Waals surface area contributed by atoms with Gasteiger partial charge in [-0.1, -0.05) is 6.07 Å². The molecule has 1 unspecified atom stereocenters. The highest BCUT2D eigenvalue weighted by Gasteiger charge is 2.37. The van der Waals surface area contributed by atoms with Crippen LogP contribution in [0.3, 0.4) is 0 Å². The molecule has 5 aliphatic rings. The van der Waals surface area contributed by atoms with Gasteiger partial charge in [0.25, 0.3) is 0 Å². The van der Waals surface area contributed by atoms with Crippen molar-refractivity contribution in [2.24, 2.45) is 5.92 Å². The first-order chi connectivity index (χ1) is 17.0. The monoisotopic (exact) mass is 476 g/mol. The quantitative estimate of drug-likeness (QED) is 0.668. The predicted molar refractivity (Wildman–Crippen MR) is 137 cm³/mol. The number of hydrogen-bond donors (Lipinski definition) is 1. The van der Waals surface area contributed by atoms with Crippen molar-refractivity contribution in [3.63, 3.8) is 0 Å². The summed E-state index contributed by atoms with van der Waals surface area (Å²) in [6, 6.07) is 10.9. The van der Waals surface area contributed by atoms with Crippen LogP contribution in [0, 0.1) is 5.92 Å². The number of nitrogens with one attached hydrogen (secondary N) is 1. The van der Waals surface area contributed by atoms with Gasteiger partial charge in [0.15, 0.2) is 0 Å². The first-order valence-electron chi connectivity index (χ1n) is 13.2. The Morgan fingerprint density at radius 2 is 2.00 bits per heavy atom. The molecule has 0 radical (unpaired) electrons. The number of fused-ring (bicyclic) bond motifs is 5. The van der Waals surface area contributed by atoms with Gasteiger partial charge in [0.2, 0.25) is 5.91 Å². The summed E-state index contributed by atoms with van der Waals surface area (Å²) < 4.78 is 12.0. The Bertz CT molecular complexity index is 1070. The fourth-order valence-corrected chi connectivity index (χ4v) is 6.20. The molecular weight excluding hydrogens is 440 g/mol. The van der Waals surface area contributed by atoms with E-state index in [4.69, 9.17) is 9.47 Å². The number of aromatic nitrogens is 1. The fourth-order valence-electron chi connectivity index (χ4n) is 6.20. The van der Waals surface area contributed by atoms with Gasteiger partial charge in [0, 0.05) is 29.9 Å². The van der Waals surface area contributed by atoms with E-state index in [2.05, 4.69) is 53.3 Å². The molecule has 1 amide bonds. The number of piperidine rings is 1. The molecule has 35 heavy (non-hydrogen) atoms. The average Bonchev–Trinajstić information content (AvgIpc) is 3.05. The molecule has 2 atom stereocenters. The number of carbonyl (C=O) groups excluding carboxylic acids is 1. The number of nitrogens with zero attached hydrogens (tertiary/aromatic N) is 3. The van der Waals surface area contributed by atoms with Gasteiger partial charge in [-0.05, 0) is 76.6 Å². The summed E-state index contributed by atoms with van der Waals surface area (Å²) in [4.78, 5) is 23.1. The van der Waals surface area contributed by atoms with E-state index in [9.17, 15) is 4.79 Å². The molecule has 7 rings (SSSR count). The molecular formula is C28H36N4O3. The lowest BCUT2D eigenvalue weighted by Crippen LogP contribution is -2.54. The number of benzene rings is 1. The topological polar surface area (TPSA) is 66.9 Å². The molecule has 0 spiro atoms. The number of anilines is 4. The van der Waals surface area contributed by atoms with Gasteiger partial charge in [-0.25, -0.2) is 4.98 Å². The average molecular weight is 477 g/mol. The van der Waals surface area contributed by atoms with Crippen molar-refractivity contribution in [1.29, 1.82) is 0 Å². The number of rotatable bonds is 4. The van der Waals surface area contributed by atoms with Crippen LogP contribution in [0.15, 0.2) is 36.5 Å². The van der Waals surface area contributed by atoms with Crippen molar-refractivity contribution < 1.29 is 14.3 Å². The van der Waals surface area contributed by atoms with E-state index in [0.717, 1.165) is 68.0 Å². The van der Waals surface area contributed by atoms with Crippen molar-refractivity contribution in [2.45, 2.75) is 83.3 Å². The standard InChI is InChI=1S/C28H36N4O3/c1-18(2)35-23-9-5-19(6-10-23)28(33)32-15-20-4-3-13-29-27(20)30-25-12-8-21(14-26(25)32)31-16-24-11-7-22(31)17-34-24/h3-4,8,12-14,18-19,22-24H,5-7,9-11,15-17H2,1-2H3,(H,29,30)/t19?,22?,23?,24-/m0/s1. The van der Waals surface area contributed by atoms with Gasteiger partial charge in [0.05, 0.1) is 48.9 Å². The number of ether oxygens (including phenoxy) is 2. The SMILES string of the molecule is CC(C)OC1CCC(C(=O)N2Cc3cccnc3Nc3ccc(N4C[C@@H]5CCC4CO5)cc32)CC1. The van der Waals surface area contributed by atoms with E-state index in [-0.39, 0.29) is 24.0 Å². The molecule has 1 aromatic carbocycles. The molecule has 186 valence electrons. The summed E-state index contributed by atoms with van der Waals surface area (Å²) in [6.45, 7) is 6.42. The summed E-state index contributed by atoms with van der Waals surface area (Å²) >= 11 is 0. The van der Waals surface area contributed by atoms with Crippen molar-refractivity contribution in [3.05, 3.63) is 42.1 Å². The van der Waals surface area contributed by atoms with E-state index in [0.29, 0.717) is 18.7 Å². The normalized spacial score (nSPS) is 27.7. The maximum absolute atomic E-state index is 14.0. The highest BCUT2D eigenvalue weighted by molar-refractivity contribution is 6.00. The lowest BCUT2D eigenvalue weighted by molar-refractivity contribution is -0.124. The Kier molecular flexibility index (Phi) is 6.14. The largest absolute Gasteiger partial charge is 0.376 e. The third kappa shape index (κ3) is 4.52. The number of amides is 1.